The van der Waals surface area contributed by atoms with Gasteiger partial charge in [0.25, 0.3) is 6.43 Å². The van der Waals surface area contributed by atoms with Crippen LogP contribution in [0.5, 0.6) is 11.5 Å². The summed E-state index contributed by atoms with van der Waals surface area (Å²) in [5.41, 5.74) is 0.425. The normalized spacial score (nSPS) is 16.4. The number of hydrogen-bond donors (Lipinski definition) is 1. The van der Waals surface area contributed by atoms with Gasteiger partial charge in [0.1, 0.15) is 17.5 Å². The number of alkyl halides is 2. The van der Waals surface area contributed by atoms with Gasteiger partial charge in [-0.1, -0.05) is 6.07 Å². The molecule has 0 aliphatic carbocycles. The number of nitrogens with zero attached hydrogens (tertiary/aromatic N) is 1. The molecule has 0 aromatic heterocycles. The van der Waals surface area contributed by atoms with Crippen LogP contribution in [0.4, 0.5) is 8.78 Å². The maximum absolute atomic E-state index is 13.6. The standard InChI is InChI=1S/C14H20F2N2O2.2ClH/c1-19-10-4-3-5-11(20-2)12(10)13(14(15)16)18-8-6-17-7-9-18;;/h3-5,13-14,17H,6-9H2,1-2H3;2*1H/t13-;;/m0../s1. The molecule has 128 valence electrons. The van der Waals surface area contributed by atoms with Crippen LogP contribution in [-0.4, -0.2) is 51.7 Å². The van der Waals surface area contributed by atoms with Crippen LogP contribution < -0.4 is 14.8 Å². The second kappa shape index (κ2) is 10.0. The predicted octanol–water partition coefficient (Wildman–Crippen LogP) is 2.76. The van der Waals surface area contributed by atoms with E-state index in [2.05, 4.69) is 5.32 Å². The first kappa shape index (κ1) is 21.2. The van der Waals surface area contributed by atoms with E-state index in [0.717, 1.165) is 0 Å². The Morgan fingerprint density at radius 1 is 1.05 bits per heavy atom. The van der Waals surface area contributed by atoms with Gasteiger partial charge < -0.3 is 14.8 Å². The largest absolute Gasteiger partial charge is 0.496 e. The Balaban J connectivity index is 0.00000220. The quantitative estimate of drug-likeness (QED) is 0.877. The van der Waals surface area contributed by atoms with Crippen LogP contribution in [0.1, 0.15) is 11.6 Å². The summed E-state index contributed by atoms with van der Waals surface area (Å²) in [4.78, 5) is 1.78. The highest BCUT2D eigenvalue weighted by atomic mass is 35.5. The SMILES string of the molecule is COc1cccc(OC)c1[C@@H](C(F)F)N1CCNCC1.Cl.Cl. The van der Waals surface area contributed by atoms with E-state index >= 15 is 0 Å². The van der Waals surface area contributed by atoms with E-state index in [9.17, 15) is 8.78 Å². The summed E-state index contributed by atoms with van der Waals surface area (Å²) in [5, 5.41) is 3.17. The molecule has 8 heteroatoms. The molecule has 1 heterocycles. The van der Waals surface area contributed by atoms with Gasteiger partial charge in [-0.15, -0.1) is 24.8 Å². The van der Waals surface area contributed by atoms with E-state index in [-0.39, 0.29) is 24.8 Å². The molecule has 1 saturated heterocycles. The van der Waals surface area contributed by atoms with Gasteiger partial charge in [0.05, 0.1) is 19.8 Å². The topological polar surface area (TPSA) is 33.7 Å². The maximum atomic E-state index is 13.6. The number of methoxy groups -OCH3 is 2. The summed E-state index contributed by atoms with van der Waals surface area (Å²) in [6.07, 6.45) is -2.50. The van der Waals surface area contributed by atoms with Gasteiger partial charge in [0, 0.05) is 26.2 Å². The molecule has 0 amide bonds. The zero-order valence-electron chi connectivity index (χ0n) is 12.6. The van der Waals surface area contributed by atoms with Gasteiger partial charge in [0.2, 0.25) is 0 Å². The highest BCUT2D eigenvalue weighted by molar-refractivity contribution is 5.85. The van der Waals surface area contributed by atoms with Crippen molar-refractivity contribution in [3.63, 3.8) is 0 Å². The lowest BCUT2D eigenvalue weighted by Gasteiger charge is -2.35. The molecule has 22 heavy (non-hydrogen) atoms. The molecule has 1 aromatic carbocycles. The number of ether oxygens (including phenoxy) is 2. The summed E-state index contributed by atoms with van der Waals surface area (Å²) in [6, 6.07) is 4.11. The smallest absolute Gasteiger partial charge is 0.258 e. The van der Waals surface area contributed by atoms with Crippen LogP contribution in [0.15, 0.2) is 18.2 Å². The monoisotopic (exact) mass is 358 g/mol. The molecule has 0 saturated carbocycles. The van der Waals surface area contributed by atoms with Crippen molar-refractivity contribution < 1.29 is 18.3 Å². The fourth-order valence-electron chi connectivity index (χ4n) is 2.60. The van der Waals surface area contributed by atoms with E-state index in [0.29, 0.717) is 43.2 Å². The summed E-state index contributed by atoms with van der Waals surface area (Å²) >= 11 is 0. The van der Waals surface area contributed by atoms with Crippen molar-refractivity contribution in [3.8, 4) is 11.5 Å². The summed E-state index contributed by atoms with van der Waals surface area (Å²) < 4.78 is 37.8. The minimum atomic E-state index is -2.50. The Morgan fingerprint density at radius 3 is 1.95 bits per heavy atom. The zero-order chi connectivity index (χ0) is 14.5. The van der Waals surface area contributed by atoms with E-state index < -0.39 is 12.5 Å². The highest BCUT2D eigenvalue weighted by Gasteiger charge is 2.34. The first-order valence-corrected chi connectivity index (χ1v) is 6.62. The number of piperazine rings is 1. The number of halogens is 4. The Bertz CT molecular complexity index is 425. The van der Waals surface area contributed by atoms with Crippen molar-refractivity contribution in [3.05, 3.63) is 23.8 Å². The maximum Gasteiger partial charge on any atom is 0.258 e. The van der Waals surface area contributed by atoms with Crippen molar-refractivity contribution in [2.75, 3.05) is 40.4 Å². The van der Waals surface area contributed by atoms with Gasteiger partial charge >= 0.3 is 0 Å². The first-order chi connectivity index (χ1) is 9.69. The zero-order valence-corrected chi connectivity index (χ0v) is 14.2. The molecule has 1 N–H and O–H groups in total. The van der Waals surface area contributed by atoms with Crippen molar-refractivity contribution >= 4 is 24.8 Å². The second-order valence-corrected chi connectivity index (χ2v) is 4.64. The second-order valence-electron chi connectivity index (χ2n) is 4.64. The molecule has 1 aliphatic heterocycles. The average molecular weight is 359 g/mol. The van der Waals surface area contributed by atoms with Gasteiger partial charge in [-0.3, -0.25) is 4.90 Å². The molecule has 0 bridgehead atoms. The van der Waals surface area contributed by atoms with E-state index in [1.807, 2.05) is 0 Å². The minimum Gasteiger partial charge on any atom is -0.496 e. The number of nitrogens with one attached hydrogen (secondary N) is 1. The van der Waals surface area contributed by atoms with Gasteiger partial charge in [-0.05, 0) is 12.1 Å². The predicted molar refractivity (Wildman–Crippen MR) is 87.2 cm³/mol. The van der Waals surface area contributed by atoms with Crippen LogP contribution in [-0.2, 0) is 0 Å². The van der Waals surface area contributed by atoms with Crippen molar-refractivity contribution in [1.29, 1.82) is 0 Å². The van der Waals surface area contributed by atoms with E-state index in [4.69, 9.17) is 9.47 Å². The van der Waals surface area contributed by atoms with Gasteiger partial charge in [0.15, 0.2) is 0 Å². The van der Waals surface area contributed by atoms with Crippen LogP contribution in [0.3, 0.4) is 0 Å². The van der Waals surface area contributed by atoms with Crippen LogP contribution in [0, 0.1) is 0 Å². The lowest BCUT2D eigenvalue weighted by Crippen LogP contribution is -2.47. The van der Waals surface area contributed by atoms with Gasteiger partial charge in [-0.2, -0.15) is 0 Å². The van der Waals surface area contributed by atoms with Crippen LogP contribution in [0.2, 0.25) is 0 Å². The summed E-state index contributed by atoms with van der Waals surface area (Å²) in [6.45, 7) is 2.58. The number of hydrogen-bond acceptors (Lipinski definition) is 4. The third-order valence-corrected chi connectivity index (χ3v) is 3.55. The summed E-state index contributed by atoms with van der Waals surface area (Å²) in [5.74, 6) is 0.876. The first-order valence-electron chi connectivity index (χ1n) is 6.62. The molecule has 1 atom stereocenters. The highest BCUT2D eigenvalue weighted by Crippen LogP contribution is 2.40. The Morgan fingerprint density at radius 2 is 1.55 bits per heavy atom. The summed E-state index contributed by atoms with van der Waals surface area (Å²) in [7, 11) is 2.97. The molecule has 1 aliphatic rings. The lowest BCUT2D eigenvalue weighted by atomic mass is 10.0. The molecule has 1 aromatic rings. The average Bonchev–Trinajstić information content (AvgIpc) is 2.48. The van der Waals surface area contributed by atoms with Crippen LogP contribution in [0.25, 0.3) is 0 Å². The molecular formula is C14H22Cl2F2N2O2. The van der Waals surface area contributed by atoms with Crippen molar-refractivity contribution in [2.45, 2.75) is 12.5 Å². The van der Waals surface area contributed by atoms with E-state index in [1.54, 1.807) is 23.1 Å². The molecular weight excluding hydrogens is 337 g/mol. The van der Waals surface area contributed by atoms with Crippen molar-refractivity contribution in [2.24, 2.45) is 0 Å². The third-order valence-electron chi connectivity index (χ3n) is 3.55. The third kappa shape index (κ3) is 4.59. The molecule has 1 fully saturated rings. The Labute approximate surface area is 142 Å². The fourth-order valence-corrected chi connectivity index (χ4v) is 2.60. The molecule has 2 rings (SSSR count). The van der Waals surface area contributed by atoms with Crippen LogP contribution >= 0.6 is 24.8 Å². The molecule has 0 spiro atoms. The van der Waals surface area contributed by atoms with Crippen molar-refractivity contribution in [1.82, 2.24) is 10.2 Å². The van der Waals surface area contributed by atoms with E-state index in [1.165, 1.54) is 14.2 Å². The number of benzene rings is 1. The van der Waals surface area contributed by atoms with Gasteiger partial charge in [-0.25, -0.2) is 8.78 Å². The number of rotatable bonds is 5. The molecule has 0 unspecified atom stereocenters. The fraction of sp³-hybridized carbons (Fsp3) is 0.571. The Kier molecular flexibility index (Phi) is 9.67. The lowest BCUT2D eigenvalue weighted by molar-refractivity contribution is 0.0158. The molecule has 0 radical (unpaired) electrons. The molecule has 4 nitrogen and oxygen atoms in total. The Hall–Kier alpha value is -0.820. The minimum absolute atomic E-state index is 0.